The molecule has 2 heterocycles. The van der Waals surface area contributed by atoms with E-state index in [1.54, 1.807) is 4.90 Å². The van der Waals surface area contributed by atoms with Gasteiger partial charge in [-0.15, -0.1) is 0 Å². The van der Waals surface area contributed by atoms with Crippen LogP contribution in [0.3, 0.4) is 0 Å². The van der Waals surface area contributed by atoms with Crippen molar-refractivity contribution in [3.8, 4) is 0 Å². The van der Waals surface area contributed by atoms with Gasteiger partial charge in [-0.05, 0) is 12.8 Å². The SMILES string of the molecule is O=C(C1CCC(F)(F)CC1)N1CCC2(CC1)OCCO2. The molecule has 114 valence electrons. The number of alkyl halides is 2. The Labute approximate surface area is 117 Å². The molecule has 3 aliphatic rings. The number of nitrogens with zero attached hydrogens (tertiary/aromatic N) is 1. The van der Waals surface area contributed by atoms with E-state index in [1.165, 1.54) is 0 Å². The van der Waals surface area contributed by atoms with Crippen molar-refractivity contribution in [1.29, 1.82) is 0 Å². The monoisotopic (exact) mass is 289 g/mol. The number of rotatable bonds is 1. The van der Waals surface area contributed by atoms with E-state index in [9.17, 15) is 13.6 Å². The van der Waals surface area contributed by atoms with Gasteiger partial charge in [-0.25, -0.2) is 8.78 Å². The lowest BCUT2D eigenvalue weighted by atomic mass is 9.85. The van der Waals surface area contributed by atoms with Crippen LogP contribution in [-0.2, 0) is 14.3 Å². The average Bonchev–Trinajstić information content (AvgIpc) is 2.87. The highest BCUT2D eigenvalue weighted by atomic mass is 19.3. The third kappa shape index (κ3) is 2.81. The first-order valence-corrected chi connectivity index (χ1v) is 7.44. The molecule has 1 saturated carbocycles. The molecule has 3 fully saturated rings. The molecule has 1 spiro atoms. The fraction of sp³-hybridized carbons (Fsp3) is 0.929. The normalized spacial score (nSPS) is 29.8. The number of carbonyl (C=O) groups is 1. The molecule has 0 aromatic carbocycles. The van der Waals surface area contributed by atoms with E-state index in [4.69, 9.17) is 9.47 Å². The topological polar surface area (TPSA) is 38.8 Å². The Hall–Kier alpha value is -0.750. The van der Waals surface area contributed by atoms with Gasteiger partial charge in [-0.1, -0.05) is 0 Å². The highest BCUT2D eigenvalue weighted by molar-refractivity contribution is 5.79. The highest BCUT2D eigenvalue weighted by Gasteiger charge is 2.43. The summed E-state index contributed by atoms with van der Waals surface area (Å²) < 4.78 is 37.5. The standard InChI is InChI=1S/C14H21F2NO3/c15-13(16)3-1-11(2-4-13)12(18)17-7-5-14(6-8-17)19-9-10-20-14/h11H,1-10H2. The summed E-state index contributed by atoms with van der Waals surface area (Å²) in [5.74, 6) is -3.26. The minimum atomic E-state index is -2.58. The van der Waals surface area contributed by atoms with Gasteiger partial charge in [0.1, 0.15) is 0 Å². The number of carbonyl (C=O) groups excluding carboxylic acids is 1. The van der Waals surface area contributed by atoms with Gasteiger partial charge in [0, 0.05) is 44.7 Å². The maximum Gasteiger partial charge on any atom is 0.248 e. The number of halogens is 2. The van der Waals surface area contributed by atoms with E-state index >= 15 is 0 Å². The van der Waals surface area contributed by atoms with Crippen molar-refractivity contribution in [2.24, 2.45) is 5.92 Å². The Morgan fingerprint density at radius 1 is 1.00 bits per heavy atom. The van der Waals surface area contributed by atoms with Gasteiger partial charge in [0.25, 0.3) is 0 Å². The smallest absolute Gasteiger partial charge is 0.248 e. The fourth-order valence-corrected chi connectivity index (χ4v) is 3.40. The van der Waals surface area contributed by atoms with Crippen molar-refractivity contribution in [3.63, 3.8) is 0 Å². The molecule has 0 N–H and O–H groups in total. The molecule has 6 heteroatoms. The lowest BCUT2D eigenvalue weighted by Crippen LogP contribution is -2.49. The minimum Gasteiger partial charge on any atom is -0.347 e. The number of likely N-dealkylation sites (tertiary alicyclic amines) is 1. The second-order valence-corrected chi connectivity index (χ2v) is 6.06. The third-order valence-electron chi connectivity index (χ3n) is 4.72. The van der Waals surface area contributed by atoms with Crippen LogP contribution in [0.15, 0.2) is 0 Å². The molecule has 0 atom stereocenters. The maximum absolute atomic E-state index is 13.1. The van der Waals surface area contributed by atoms with Crippen molar-refractivity contribution >= 4 is 5.91 Å². The van der Waals surface area contributed by atoms with Gasteiger partial charge >= 0.3 is 0 Å². The van der Waals surface area contributed by atoms with Crippen LogP contribution in [0.4, 0.5) is 8.78 Å². The van der Waals surface area contributed by atoms with Crippen molar-refractivity contribution in [3.05, 3.63) is 0 Å². The summed E-state index contributed by atoms with van der Waals surface area (Å²) in [5, 5.41) is 0. The van der Waals surface area contributed by atoms with Crippen molar-refractivity contribution in [2.75, 3.05) is 26.3 Å². The molecule has 2 aliphatic heterocycles. The number of amides is 1. The summed E-state index contributed by atoms with van der Waals surface area (Å²) in [5.41, 5.74) is 0. The largest absolute Gasteiger partial charge is 0.347 e. The fourth-order valence-electron chi connectivity index (χ4n) is 3.40. The second kappa shape index (κ2) is 5.22. The van der Waals surface area contributed by atoms with Gasteiger partial charge in [0.15, 0.2) is 5.79 Å². The molecule has 2 saturated heterocycles. The number of hydrogen-bond acceptors (Lipinski definition) is 3. The quantitative estimate of drug-likeness (QED) is 0.742. The molecule has 4 nitrogen and oxygen atoms in total. The van der Waals surface area contributed by atoms with Crippen molar-refractivity contribution < 1.29 is 23.0 Å². The molecular formula is C14H21F2NO3. The highest BCUT2D eigenvalue weighted by Crippen LogP contribution is 2.38. The van der Waals surface area contributed by atoms with Crippen LogP contribution in [0, 0.1) is 5.92 Å². The number of ether oxygens (including phenoxy) is 2. The molecule has 0 unspecified atom stereocenters. The first-order valence-electron chi connectivity index (χ1n) is 7.44. The molecule has 0 radical (unpaired) electrons. The molecular weight excluding hydrogens is 268 g/mol. The maximum atomic E-state index is 13.1. The predicted molar refractivity (Wildman–Crippen MR) is 67.4 cm³/mol. The molecule has 0 aromatic heterocycles. The summed E-state index contributed by atoms with van der Waals surface area (Å²) in [6.45, 7) is 2.44. The summed E-state index contributed by atoms with van der Waals surface area (Å²) >= 11 is 0. The molecule has 0 bridgehead atoms. The van der Waals surface area contributed by atoms with Crippen LogP contribution in [-0.4, -0.2) is 48.8 Å². The van der Waals surface area contributed by atoms with E-state index < -0.39 is 11.7 Å². The Bertz CT molecular complexity index is 363. The lowest BCUT2D eigenvalue weighted by Gasteiger charge is -2.39. The molecule has 1 aliphatic carbocycles. The van der Waals surface area contributed by atoms with E-state index in [1.807, 2.05) is 0 Å². The zero-order valence-corrected chi connectivity index (χ0v) is 11.6. The Morgan fingerprint density at radius 3 is 2.10 bits per heavy atom. The Kier molecular flexibility index (Phi) is 3.71. The number of piperidine rings is 1. The van der Waals surface area contributed by atoms with Crippen LogP contribution in [0.5, 0.6) is 0 Å². The first-order chi connectivity index (χ1) is 9.50. The van der Waals surface area contributed by atoms with Crippen LogP contribution in [0.25, 0.3) is 0 Å². The minimum absolute atomic E-state index is 0.0355. The summed E-state index contributed by atoms with van der Waals surface area (Å²) in [6, 6.07) is 0. The lowest BCUT2D eigenvalue weighted by molar-refractivity contribution is -0.189. The van der Waals surface area contributed by atoms with Crippen LogP contribution in [0.1, 0.15) is 38.5 Å². The first kappa shape index (κ1) is 14.2. The van der Waals surface area contributed by atoms with Crippen LogP contribution < -0.4 is 0 Å². The summed E-state index contributed by atoms with van der Waals surface area (Å²) in [7, 11) is 0. The van der Waals surface area contributed by atoms with Gasteiger partial charge in [-0.3, -0.25) is 4.79 Å². The molecule has 3 rings (SSSR count). The zero-order valence-electron chi connectivity index (χ0n) is 11.6. The number of hydrogen-bond donors (Lipinski definition) is 0. The van der Waals surface area contributed by atoms with E-state index in [2.05, 4.69) is 0 Å². The van der Waals surface area contributed by atoms with Gasteiger partial charge < -0.3 is 14.4 Å². The van der Waals surface area contributed by atoms with Crippen LogP contribution in [0.2, 0.25) is 0 Å². The molecule has 1 amide bonds. The summed E-state index contributed by atoms with van der Waals surface area (Å²) in [4.78, 5) is 14.2. The zero-order chi connectivity index (χ0) is 14.2. The predicted octanol–water partition coefficient (Wildman–Crippen LogP) is 2.18. The van der Waals surface area contributed by atoms with Crippen molar-refractivity contribution in [1.82, 2.24) is 4.90 Å². The Morgan fingerprint density at radius 2 is 1.55 bits per heavy atom. The van der Waals surface area contributed by atoms with E-state index in [-0.39, 0.29) is 24.7 Å². The van der Waals surface area contributed by atoms with Crippen LogP contribution >= 0.6 is 0 Å². The average molecular weight is 289 g/mol. The molecule has 0 aromatic rings. The third-order valence-corrected chi connectivity index (χ3v) is 4.72. The summed E-state index contributed by atoms with van der Waals surface area (Å²) in [6.07, 6.45) is 1.66. The van der Waals surface area contributed by atoms with Gasteiger partial charge in [0.05, 0.1) is 13.2 Å². The van der Waals surface area contributed by atoms with E-state index in [0.29, 0.717) is 52.0 Å². The van der Waals surface area contributed by atoms with Gasteiger partial charge in [0.2, 0.25) is 11.8 Å². The van der Waals surface area contributed by atoms with Crippen molar-refractivity contribution in [2.45, 2.75) is 50.2 Å². The second-order valence-electron chi connectivity index (χ2n) is 6.06. The Balaban J connectivity index is 1.52. The van der Waals surface area contributed by atoms with E-state index in [0.717, 1.165) is 0 Å². The molecule has 20 heavy (non-hydrogen) atoms. The van der Waals surface area contributed by atoms with Gasteiger partial charge in [-0.2, -0.15) is 0 Å².